The normalized spacial score (nSPS) is 32.1. The molecule has 0 aromatic rings. The maximum absolute atomic E-state index is 5.45. The molecule has 2 heterocycles. The van der Waals surface area contributed by atoms with Gasteiger partial charge in [-0.15, -0.1) is 0 Å². The first-order valence-electron chi connectivity index (χ1n) is 7.47. The first kappa shape index (κ1) is 11.9. The summed E-state index contributed by atoms with van der Waals surface area (Å²) in [4.78, 5) is 2.74. The van der Waals surface area contributed by atoms with Crippen molar-refractivity contribution in [3.8, 4) is 0 Å². The van der Waals surface area contributed by atoms with Gasteiger partial charge < -0.3 is 10.1 Å². The minimum Gasteiger partial charge on any atom is -0.381 e. The summed E-state index contributed by atoms with van der Waals surface area (Å²) in [6, 6.07) is 1.68. The minimum atomic E-state index is 0.818. The molecule has 3 heteroatoms. The fourth-order valence-corrected chi connectivity index (χ4v) is 3.22. The number of hydrogen-bond acceptors (Lipinski definition) is 3. The Morgan fingerprint density at radius 1 is 1.06 bits per heavy atom. The van der Waals surface area contributed by atoms with Crippen molar-refractivity contribution >= 4 is 0 Å². The van der Waals surface area contributed by atoms with E-state index in [2.05, 4.69) is 10.2 Å². The van der Waals surface area contributed by atoms with Crippen LogP contribution >= 0.6 is 0 Å². The van der Waals surface area contributed by atoms with E-state index in [-0.39, 0.29) is 0 Å². The van der Waals surface area contributed by atoms with Crippen LogP contribution in [0.3, 0.4) is 0 Å². The quantitative estimate of drug-likeness (QED) is 0.788. The van der Waals surface area contributed by atoms with Gasteiger partial charge >= 0.3 is 0 Å². The van der Waals surface area contributed by atoms with Gasteiger partial charge in [-0.05, 0) is 51.0 Å². The molecular weight excluding hydrogens is 212 g/mol. The summed E-state index contributed by atoms with van der Waals surface area (Å²) in [6.45, 7) is 5.86. The Bertz CT molecular complexity index is 236. The zero-order chi connectivity index (χ0) is 11.5. The van der Waals surface area contributed by atoms with Gasteiger partial charge in [0.05, 0.1) is 0 Å². The second-order valence-corrected chi connectivity index (χ2v) is 6.03. The maximum atomic E-state index is 5.45. The lowest BCUT2D eigenvalue weighted by Gasteiger charge is -2.31. The third-order valence-electron chi connectivity index (χ3n) is 4.55. The van der Waals surface area contributed by atoms with Crippen LogP contribution in [0.4, 0.5) is 0 Å². The highest BCUT2D eigenvalue weighted by Crippen LogP contribution is 2.24. The average molecular weight is 238 g/mol. The molecule has 2 saturated heterocycles. The van der Waals surface area contributed by atoms with Crippen LogP contribution in [0.15, 0.2) is 0 Å². The first-order valence-corrected chi connectivity index (χ1v) is 7.47. The predicted molar refractivity (Wildman–Crippen MR) is 69.2 cm³/mol. The van der Waals surface area contributed by atoms with Crippen LogP contribution in [-0.4, -0.2) is 49.8 Å². The van der Waals surface area contributed by atoms with Gasteiger partial charge in [0, 0.05) is 38.4 Å². The fourth-order valence-electron chi connectivity index (χ4n) is 3.22. The maximum Gasteiger partial charge on any atom is 0.0469 e. The van der Waals surface area contributed by atoms with E-state index in [1.54, 1.807) is 0 Å². The number of nitrogens with zero attached hydrogens (tertiary/aromatic N) is 1. The molecular formula is C14H26N2O. The van der Waals surface area contributed by atoms with Crippen molar-refractivity contribution in [1.29, 1.82) is 0 Å². The standard InChI is InChI=1S/C14H26N2O/c1-2-14(10-15-13-3-4-13)16(7-1)11-12-5-8-17-9-6-12/h12-15H,1-11H2. The number of hydrogen-bond donors (Lipinski definition) is 1. The van der Waals surface area contributed by atoms with Crippen molar-refractivity contribution in [2.45, 2.75) is 50.6 Å². The molecule has 3 nitrogen and oxygen atoms in total. The summed E-state index contributed by atoms with van der Waals surface area (Å²) in [5, 5.41) is 3.70. The molecule has 1 saturated carbocycles. The highest BCUT2D eigenvalue weighted by molar-refractivity contribution is 4.87. The molecule has 17 heavy (non-hydrogen) atoms. The highest BCUT2D eigenvalue weighted by Gasteiger charge is 2.29. The van der Waals surface area contributed by atoms with E-state index >= 15 is 0 Å². The summed E-state index contributed by atoms with van der Waals surface area (Å²) in [5.74, 6) is 0.894. The van der Waals surface area contributed by atoms with Crippen molar-refractivity contribution in [1.82, 2.24) is 10.2 Å². The first-order chi connectivity index (χ1) is 8.42. The van der Waals surface area contributed by atoms with Gasteiger partial charge in [-0.1, -0.05) is 0 Å². The van der Waals surface area contributed by atoms with E-state index in [0.717, 1.165) is 31.2 Å². The summed E-state index contributed by atoms with van der Waals surface area (Å²) >= 11 is 0. The Balaban J connectivity index is 1.43. The Morgan fingerprint density at radius 2 is 1.88 bits per heavy atom. The van der Waals surface area contributed by atoms with Crippen molar-refractivity contribution in [2.75, 3.05) is 32.8 Å². The van der Waals surface area contributed by atoms with Crippen molar-refractivity contribution in [3.63, 3.8) is 0 Å². The summed E-state index contributed by atoms with van der Waals surface area (Å²) in [5.41, 5.74) is 0. The van der Waals surface area contributed by atoms with Crippen molar-refractivity contribution in [3.05, 3.63) is 0 Å². The average Bonchev–Trinajstić information content (AvgIpc) is 3.09. The van der Waals surface area contributed by atoms with Crippen molar-refractivity contribution in [2.24, 2.45) is 5.92 Å². The van der Waals surface area contributed by atoms with Crippen molar-refractivity contribution < 1.29 is 4.74 Å². The fraction of sp³-hybridized carbons (Fsp3) is 1.00. The van der Waals surface area contributed by atoms with Crippen LogP contribution in [0.5, 0.6) is 0 Å². The monoisotopic (exact) mass is 238 g/mol. The summed E-state index contributed by atoms with van der Waals surface area (Å²) in [7, 11) is 0. The predicted octanol–water partition coefficient (Wildman–Crippen LogP) is 1.63. The number of likely N-dealkylation sites (tertiary alicyclic amines) is 1. The van der Waals surface area contributed by atoms with Gasteiger partial charge in [-0.2, -0.15) is 0 Å². The largest absolute Gasteiger partial charge is 0.381 e. The molecule has 3 fully saturated rings. The van der Waals surface area contributed by atoms with Gasteiger partial charge in [-0.3, -0.25) is 4.90 Å². The van der Waals surface area contributed by atoms with Gasteiger partial charge in [-0.25, -0.2) is 0 Å². The van der Waals surface area contributed by atoms with Gasteiger partial charge in [0.1, 0.15) is 0 Å². The van der Waals surface area contributed by atoms with Gasteiger partial charge in [0.2, 0.25) is 0 Å². The van der Waals surface area contributed by atoms with E-state index in [4.69, 9.17) is 4.74 Å². The molecule has 0 amide bonds. The Morgan fingerprint density at radius 3 is 2.65 bits per heavy atom. The molecule has 0 radical (unpaired) electrons. The highest BCUT2D eigenvalue weighted by atomic mass is 16.5. The van der Waals surface area contributed by atoms with Crippen LogP contribution in [0.2, 0.25) is 0 Å². The van der Waals surface area contributed by atoms with E-state index in [1.807, 2.05) is 0 Å². The minimum absolute atomic E-state index is 0.818. The second-order valence-electron chi connectivity index (χ2n) is 6.03. The van der Waals surface area contributed by atoms with Crippen LogP contribution in [0.25, 0.3) is 0 Å². The lowest BCUT2D eigenvalue weighted by molar-refractivity contribution is 0.0506. The smallest absolute Gasteiger partial charge is 0.0469 e. The van der Waals surface area contributed by atoms with Gasteiger partial charge in [0.15, 0.2) is 0 Å². The number of ether oxygens (including phenoxy) is 1. The van der Waals surface area contributed by atoms with E-state index < -0.39 is 0 Å². The van der Waals surface area contributed by atoms with Gasteiger partial charge in [0.25, 0.3) is 0 Å². The second kappa shape index (κ2) is 5.68. The van der Waals surface area contributed by atoms with E-state index in [0.29, 0.717) is 0 Å². The molecule has 2 aliphatic heterocycles. The number of rotatable bonds is 5. The third-order valence-corrected chi connectivity index (χ3v) is 4.55. The lowest BCUT2D eigenvalue weighted by Crippen LogP contribution is -2.41. The molecule has 0 aromatic heterocycles. The van der Waals surface area contributed by atoms with E-state index in [9.17, 15) is 0 Å². The van der Waals surface area contributed by atoms with E-state index in [1.165, 1.54) is 58.2 Å². The zero-order valence-electron chi connectivity index (χ0n) is 10.9. The van der Waals surface area contributed by atoms with Crippen LogP contribution in [0.1, 0.15) is 38.5 Å². The SMILES string of the molecule is C1CC(CNC2CC2)N(CC2CCOCC2)C1. The van der Waals surface area contributed by atoms with Crippen LogP contribution < -0.4 is 5.32 Å². The van der Waals surface area contributed by atoms with Crippen LogP contribution in [-0.2, 0) is 4.74 Å². The number of nitrogens with one attached hydrogen (secondary N) is 1. The third kappa shape index (κ3) is 3.43. The van der Waals surface area contributed by atoms with Crippen LogP contribution in [0, 0.1) is 5.92 Å². The Hall–Kier alpha value is -0.120. The summed E-state index contributed by atoms with van der Waals surface area (Å²) < 4.78 is 5.45. The molecule has 1 unspecified atom stereocenters. The molecule has 1 aliphatic carbocycles. The molecule has 0 bridgehead atoms. The summed E-state index contributed by atoms with van der Waals surface area (Å²) in [6.07, 6.45) is 8.18. The topological polar surface area (TPSA) is 24.5 Å². The zero-order valence-corrected chi connectivity index (χ0v) is 10.9. The molecule has 3 aliphatic rings. The molecule has 0 aromatic carbocycles. The Kier molecular flexibility index (Phi) is 3.99. The molecule has 1 N–H and O–H groups in total. The molecule has 3 rings (SSSR count). The molecule has 98 valence electrons. The Labute approximate surface area is 105 Å². The molecule has 0 spiro atoms. The lowest BCUT2D eigenvalue weighted by atomic mass is 9.99. The molecule has 1 atom stereocenters.